The van der Waals surface area contributed by atoms with Gasteiger partial charge in [-0.3, -0.25) is 0 Å². The second kappa shape index (κ2) is 6.66. The van der Waals surface area contributed by atoms with Crippen LogP contribution in [0, 0.1) is 0 Å². The Labute approximate surface area is 142 Å². The van der Waals surface area contributed by atoms with Gasteiger partial charge in [0.05, 0.1) is 6.20 Å². The number of aromatic nitrogens is 3. The van der Waals surface area contributed by atoms with Gasteiger partial charge < -0.3 is 4.90 Å². The Balaban J connectivity index is 1.84. The fraction of sp³-hybridized carbons (Fsp3) is 0.600. The van der Waals surface area contributed by atoms with Crippen molar-refractivity contribution in [3.63, 3.8) is 0 Å². The minimum atomic E-state index is -3.35. The predicted octanol–water partition coefficient (Wildman–Crippen LogP) is 0.610. The summed E-state index contributed by atoms with van der Waals surface area (Å²) in [4.78, 5) is 6.80. The zero-order valence-corrected chi connectivity index (χ0v) is 15.2. The molecule has 0 aromatic carbocycles. The fourth-order valence-electron chi connectivity index (χ4n) is 2.94. The third-order valence-electron chi connectivity index (χ3n) is 4.25. The van der Waals surface area contributed by atoms with E-state index in [-0.39, 0.29) is 0 Å². The van der Waals surface area contributed by atoms with Gasteiger partial charge in [0.1, 0.15) is 5.82 Å². The molecule has 2 aromatic heterocycles. The van der Waals surface area contributed by atoms with Gasteiger partial charge in [0.15, 0.2) is 5.65 Å². The highest BCUT2D eigenvalue weighted by Gasteiger charge is 2.29. The second-order valence-electron chi connectivity index (χ2n) is 6.13. The lowest BCUT2D eigenvalue weighted by atomic mass is 10.2. The van der Waals surface area contributed by atoms with Crippen LogP contribution in [-0.2, 0) is 16.6 Å². The van der Waals surface area contributed by atoms with Crippen molar-refractivity contribution < 1.29 is 8.42 Å². The van der Waals surface area contributed by atoms with Gasteiger partial charge in [-0.05, 0) is 6.42 Å². The Bertz CT molecular complexity index is 808. The van der Waals surface area contributed by atoms with Crippen molar-refractivity contribution >= 4 is 21.7 Å². The van der Waals surface area contributed by atoms with E-state index in [1.165, 1.54) is 8.61 Å². The van der Waals surface area contributed by atoms with Gasteiger partial charge >= 0.3 is 0 Å². The summed E-state index contributed by atoms with van der Waals surface area (Å²) in [6.45, 7) is 4.34. The molecule has 9 heteroatoms. The first-order valence-corrected chi connectivity index (χ1v) is 9.59. The first-order valence-electron chi connectivity index (χ1n) is 8.19. The lowest BCUT2D eigenvalue weighted by Crippen LogP contribution is -2.52. The minimum Gasteiger partial charge on any atom is -0.354 e. The smallest absolute Gasteiger partial charge is 0.281 e. The van der Waals surface area contributed by atoms with E-state index in [1.807, 2.05) is 10.6 Å². The van der Waals surface area contributed by atoms with Gasteiger partial charge in [0.25, 0.3) is 10.2 Å². The molecule has 0 unspecified atom stereocenters. The van der Waals surface area contributed by atoms with Gasteiger partial charge in [-0.15, -0.1) is 0 Å². The summed E-state index contributed by atoms with van der Waals surface area (Å²) in [6.07, 6.45) is 3.70. The molecule has 0 radical (unpaired) electrons. The summed E-state index contributed by atoms with van der Waals surface area (Å²) < 4.78 is 29.1. The maximum atomic E-state index is 12.2. The lowest BCUT2D eigenvalue weighted by Gasteiger charge is -2.36. The highest BCUT2D eigenvalue weighted by atomic mass is 32.2. The summed E-state index contributed by atoms with van der Waals surface area (Å²) in [6, 6.07) is 3.97. The van der Waals surface area contributed by atoms with E-state index in [1.54, 1.807) is 20.3 Å². The summed E-state index contributed by atoms with van der Waals surface area (Å²) in [5.41, 5.74) is 1.88. The molecule has 8 nitrogen and oxygen atoms in total. The largest absolute Gasteiger partial charge is 0.354 e. The molecule has 0 saturated carbocycles. The van der Waals surface area contributed by atoms with Crippen LogP contribution in [0.4, 0.5) is 5.82 Å². The van der Waals surface area contributed by atoms with Crippen molar-refractivity contribution in [1.29, 1.82) is 0 Å². The number of piperazine rings is 1. The zero-order valence-electron chi connectivity index (χ0n) is 14.4. The van der Waals surface area contributed by atoms with Crippen LogP contribution < -0.4 is 4.90 Å². The Kier molecular flexibility index (Phi) is 4.75. The highest BCUT2D eigenvalue weighted by Crippen LogP contribution is 2.21. The average molecular weight is 352 g/mol. The molecule has 3 rings (SSSR count). The molecule has 0 N–H and O–H groups in total. The molecule has 0 bridgehead atoms. The average Bonchev–Trinajstić information content (AvgIpc) is 3.03. The van der Waals surface area contributed by atoms with E-state index >= 15 is 0 Å². The number of fused-ring (bicyclic) bond motifs is 1. The van der Waals surface area contributed by atoms with Crippen LogP contribution in [0.15, 0.2) is 18.3 Å². The second-order valence-corrected chi connectivity index (χ2v) is 8.28. The van der Waals surface area contributed by atoms with Gasteiger partial charge in [-0.1, -0.05) is 13.3 Å². The molecule has 0 atom stereocenters. The third-order valence-corrected chi connectivity index (χ3v) is 6.19. The quantitative estimate of drug-likeness (QED) is 0.788. The van der Waals surface area contributed by atoms with Crippen molar-refractivity contribution in [3.8, 4) is 0 Å². The number of anilines is 1. The van der Waals surface area contributed by atoms with Crippen LogP contribution in [0.2, 0.25) is 0 Å². The number of rotatable bonds is 5. The van der Waals surface area contributed by atoms with E-state index < -0.39 is 10.2 Å². The molecule has 1 aliphatic rings. The number of hydrogen-bond acceptors (Lipinski definition) is 5. The summed E-state index contributed by atoms with van der Waals surface area (Å²) in [5.74, 6) is 0.982. The van der Waals surface area contributed by atoms with E-state index in [0.717, 1.165) is 30.0 Å². The molecule has 2 aromatic rings. The first-order chi connectivity index (χ1) is 11.4. The summed E-state index contributed by atoms with van der Waals surface area (Å²) >= 11 is 0. The topological polar surface area (TPSA) is 74.1 Å². The van der Waals surface area contributed by atoms with Crippen LogP contribution in [0.25, 0.3) is 5.65 Å². The van der Waals surface area contributed by atoms with Crippen LogP contribution in [0.1, 0.15) is 19.0 Å². The van der Waals surface area contributed by atoms with Gasteiger partial charge in [0, 0.05) is 58.1 Å². The Hall–Kier alpha value is -1.71. The molecule has 3 heterocycles. The van der Waals surface area contributed by atoms with Crippen LogP contribution in [0.5, 0.6) is 0 Å². The number of hydrogen-bond donors (Lipinski definition) is 0. The van der Waals surface area contributed by atoms with Crippen molar-refractivity contribution in [2.24, 2.45) is 0 Å². The Morgan fingerprint density at radius 3 is 2.54 bits per heavy atom. The highest BCUT2D eigenvalue weighted by molar-refractivity contribution is 7.86. The molecule has 0 amide bonds. The Morgan fingerprint density at radius 1 is 1.21 bits per heavy atom. The molecule has 1 aliphatic heterocycles. The molecule has 0 aliphatic carbocycles. The van der Waals surface area contributed by atoms with Crippen molar-refractivity contribution in [2.45, 2.75) is 19.8 Å². The van der Waals surface area contributed by atoms with Crippen LogP contribution in [0.3, 0.4) is 0 Å². The molecule has 24 heavy (non-hydrogen) atoms. The van der Waals surface area contributed by atoms with Crippen LogP contribution >= 0.6 is 0 Å². The van der Waals surface area contributed by atoms with E-state index in [2.05, 4.69) is 28.0 Å². The van der Waals surface area contributed by atoms with Crippen molar-refractivity contribution in [2.75, 3.05) is 45.2 Å². The fourth-order valence-corrected chi connectivity index (χ4v) is 4.02. The van der Waals surface area contributed by atoms with Gasteiger partial charge in [0.2, 0.25) is 0 Å². The SMILES string of the molecule is CCCc1cc(N2CCN(S(=O)(=O)N(C)C)CC2)n2nccc2n1. The third kappa shape index (κ3) is 3.11. The monoisotopic (exact) mass is 352 g/mol. The molecule has 1 saturated heterocycles. The van der Waals surface area contributed by atoms with Crippen molar-refractivity contribution in [1.82, 2.24) is 23.2 Å². The Morgan fingerprint density at radius 2 is 1.92 bits per heavy atom. The van der Waals surface area contributed by atoms with E-state index in [9.17, 15) is 8.42 Å². The predicted molar refractivity (Wildman–Crippen MR) is 93.4 cm³/mol. The molecule has 132 valence electrons. The number of aryl methyl sites for hydroxylation is 1. The summed E-state index contributed by atoms with van der Waals surface area (Å²) in [5, 5.41) is 4.36. The molecule has 0 spiro atoms. The normalized spacial score (nSPS) is 17.1. The van der Waals surface area contributed by atoms with Crippen LogP contribution in [-0.4, -0.2) is 71.9 Å². The van der Waals surface area contributed by atoms with Gasteiger partial charge in [-0.25, -0.2) is 4.98 Å². The standard InChI is InChI=1S/C15H24N6O2S/c1-4-5-13-12-15(21-14(17-13)6-7-16-21)19-8-10-20(11-9-19)24(22,23)18(2)3/h6-7,12H,4-5,8-11H2,1-3H3. The molecule has 1 fully saturated rings. The van der Waals surface area contributed by atoms with Crippen molar-refractivity contribution in [3.05, 3.63) is 24.0 Å². The molecular weight excluding hydrogens is 328 g/mol. The zero-order chi connectivity index (χ0) is 17.3. The lowest BCUT2D eigenvalue weighted by molar-refractivity contribution is 0.354. The number of nitrogens with zero attached hydrogens (tertiary/aromatic N) is 6. The van der Waals surface area contributed by atoms with Gasteiger partial charge in [-0.2, -0.15) is 26.6 Å². The summed E-state index contributed by atoms with van der Waals surface area (Å²) in [7, 11) is -0.220. The van der Waals surface area contributed by atoms with E-state index in [4.69, 9.17) is 0 Å². The minimum absolute atomic E-state index is 0.467. The maximum Gasteiger partial charge on any atom is 0.281 e. The molecular formula is C15H24N6O2S. The maximum absolute atomic E-state index is 12.2. The first kappa shape index (κ1) is 17.1. The van der Waals surface area contributed by atoms with E-state index in [0.29, 0.717) is 26.2 Å².